The van der Waals surface area contributed by atoms with Gasteiger partial charge in [-0.2, -0.15) is 5.10 Å². The minimum Gasteiger partial charge on any atom is -0.351 e. The summed E-state index contributed by atoms with van der Waals surface area (Å²) in [5.41, 5.74) is 5.07. The maximum absolute atomic E-state index is 10.6. The van der Waals surface area contributed by atoms with Gasteiger partial charge >= 0.3 is 6.03 Å². The molecule has 0 aromatic carbocycles. The van der Waals surface area contributed by atoms with Crippen LogP contribution in [0.3, 0.4) is 0 Å². The van der Waals surface area contributed by atoms with E-state index in [1.54, 1.807) is 11.1 Å². The van der Waals surface area contributed by atoms with Crippen molar-refractivity contribution >= 4 is 6.03 Å². The predicted molar refractivity (Wildman–Crippen MR) is 42.4 cm³/mol. The smallest absolute Gasteiger partial charge is 0.314 e. The average Bonchev–Trinajstić information content (AvgIpc) is 2.34. The number of amides is 2. The Balaban J connectivity index is 1.94. The summed E-state index contributed by atoms with van der Waals surface area (Å²) >= 11 is 0. The van der Waals surface area contributed by atoms with Crippen LogP contribution in [0.2, 0.25) is 0 Å². The molecule has 1 fully saturated rings. The third-order valence-corrected chi connectivity index (χ3v) is 2.07. The van der Waals surface area contributed by atoms with Crippen LogP contribution in [-0.2, 0) is 0 Å². The Morgan fingerprint density at radius 1 is 1.58 bits per heavy atom. The lowest BCUT2D eigenvalue weighted by molar-refractivity contribution is 0.125. The van der Waals surface area contributed by atoms with E-state index in [9.17, 15) is 4.79 Å². The molecule has 2 rings (SSSR count). The third kappa shape index (κ3) is 1.03. The van der Waals surface area contributed by atoms with E-state index in [2.05, 4.69) is 5.10 Å². The normalized spacial score (nSPS) is 17.5. The molecule has 0 radical (unpaired) electrons. The van der Waals surface area contributed by atoms with Crippen molar-refractivity contribution in [3.8, 4) is 0 Å². The summed E-state index contributed by atoms with van der Waals surface area (Å²) in [6, 6.07) is 1.83. The van der Waals surface area contributed by atoms with Gasteiger partial charge in [-0.25, -0.2) is 4.79 Å². The lowest BCUT2D eigenvalue weighted by Gasteiger charge is -2.37. The number of nitrogens with two attached hydrogens (primary N) is 1. The quantitative estimate of drug-likeness (QED) is 0.629. The van der Waals surface area contributed by atoms with Gasteiger partial charge in [-0.05, 0) is 6.07 Å². The second-order valence-corrected chi connectivity index (χ2v) is 2.88. The van der Waals surface area contributed by atoms with E-state index in [4.69, 9.17) is 5.73 Å². The highest BCUT2D eigenvalue weighted by atomic mass is 16.2. The second-order valence-electron chi connectivity index (χ2n) is 2.88. The molecule has 2 amide bonds. The van der Waals surface area contributed by atoms with Crippen molar-refractivity contribution in [2.45, 2.75) is 6.04 Å². The Labute approximate surface area is 69.8 Å². The summed E-state index contributed by atoms with van der Waals surface area (Å²) < 4.78 is 1.85. The molecule has 0 bridgehead atoms. The lowest BCUT2D eigenvalue weighted by atomic mass is 10.1. The van der Waals surface area contributed by atoms with Gasteiger partial charge in [0.25, 0.3) is 0 Å². The van der Waals surface area contributed by atoms with E-state index in [1.165, 1.54) is 0 Å². The van der Waals surface area contributed by atoms with Gasteiger partial charge in [0, 0.05) is 25.5 Å². The van der Waals surface area contributed by atoms with E-state index in [0.29, 0.717) is 19.1 Å². The van der Waals surface area contributed by atoms with Crippen molar-refractivity contribution in [1.29, 1.82) is 0 Å². The van der Waals surface area contributed by atoms with Crippen LogP contribution < -0.4 is 5.73 Å². The number of urea groups is 1. The lowest BCUT2D eigenvalue weighted by Crippen LogP contribution is -2.52. The van der Waals surface area contributed by atoms with Crippen LogP contribution in [0.4, 0.5) is 4.79 Å². The van der Waals surface area contributed by atoms with Gasteiger partial charge in [-0.3, -0.25) is 4.68 Å². The van der Waals surface area contributed by atoms with E-state index < -0.39 is 0 Å². The first-order chi connectivity index (χ1) is 5.77. The Morgan fingerprint density at radius 3 is 2.83 bits per heavy atom. The fraction of sp³-hybridized carbons (Fsp3) is 0.429. The molecular weight excluding hydrogens is 156 g/mol. The van der Waals surface area contributed by atoms with Gasteiger partial charge in [-0.15, -0.1) is 0 Å². The molecule has 12 heavy (non-hydrogen) atoms. The largest absolute Gasteiger partial charge is 0.351 e. The molecule has 1 aromatic rings. The first-order valence-electron chi connectivity index (χ1n) is 3.81. The Bertz CT molecular complexity index is 276. The van der Waals surface area contributed by atoms with Gasteiger partial charge < -0.3 is 10.6 Å². The minimum absolute atomic E-state index is 0.312. The number of carbonyl (C=O) groups is 1. The molecule has 64 valence electrons. The molecule has 0 atom stereocenters. The van der Waals surface area contributed by atoms with Gasteiger partial charge in [0.2, 0.25) is 0 Å². The summed E-state index contributed by atoms with van der Waals surface area (Å²) in [5, 5.41) is 4.07. The van der Waals surface area contributed by atoms with Crippen molar-refractivity contribution in [3.63, 3.8) is 0 Å². The standard InChI is InChI=1S/C7H10N4O/c8-7(12)10-4-6(5-10)11-3-1-2-9-11/h1-3,6H,4-5H2,(H2,8,12). The fourth-order valence-corrected chi connectivity index (χ4v) is 1.30. The molecule has 2 N–H and O–H groups in total. The van der Waals surface area contributed by atoms with Crippen LogP contribution >= 0.6 is 0 Å². The van der Waals surface area contributed by atoms with Crippen LogP contribution in [0.15, 0.2) is 18.5 Å². The summed E-state index contributed by atoms with van der Waals surface area (Å²) in [5.74, 6) is 0. The van der Waals surface area contributed by atoms with Crippen molar-refractivity contribution in [1.82, 2.24) is 14.7 Å². The number of primary amides is 1. The number of nitrogens with zero attached hydrogens (tertiary/aromatic N) is 3. The Hall–Kier alpha value is -1.52. The van der Waals surface area contributed by atoms with Crippen molar-refractivity contribution < 1.29 is 4.79 Å². The molecule has 1 saturated heterocycles. The van der Waals surface area contributed by atoms with E-state index >= 15 is 0 Å². The van der Waals surface area contributed by atoms with Gasteiger partial charge in [-0.1, -0.05) is 0 Å². The van der Waals surface area contributed by atoms with Crippen LogP contribution in [0, 0.1) is 0 Å². The molecule has 2 heterocycles. The number of likely N-dealkylation sites (tertiary alicyclic amines) is 1. The van der Waals surface area contributed by atoms with Crippen molar-refractivity contribution in [3.05, 3.63) is 18.5 Å². The van der Waals surface area contributed by atoms with Crippen LogP contribution in [0.1, 0.15) is 6.04 Å². The molecule has 5 heteroatoms. The SMILES string of the molecule is NC(=O)N1CC(n2cccn2)C1. The molecule has 1 aliphatic rings. The molecule has 0 aliphatic carbocycles. The van der Waals surface area contributed by atoms with Crippen LogP contribution in [0.25, 0.3) is 0 Å². The number of aromatic nitrogens is 2. The van der Waals surface area contributed by atoms with Crippen LogP contribution in [0.5, 0.6) is 0 Å². The summed E-state index contributed by atoms with van der Waals surface area (Å²) in [6.45, 7) is 1.36. The van der Waals surface area contributed by atoms with Gasteiger partial charge in [0.15, 0.2) is 0 Å². The predicted octanol–water partition coefficient (Wildman–Crippen LogP) is -0.182. The van der Waals surface area contributed by atoms with E-state index in [0.717, 1.165) is 0 Å². The molecule has 5 nitrogen and oxygen atoms in total. The molecule has 0 saturated carbocycles. The minimum atomic E-state index is -0.349. The van der Waals surface area contributed by atoms with Gasteiger partial charge in [0.1, 0.15) is 0 Å². The topological polar surface area (TPSA) is 64.2 Å². The zero-order valence-electron chi connectivity index (χ0n) is 6.55. The first-order valence-corrected chi connectivity index (χ1v) is 3.81. The van der Waals surface area contributed by atoms with E-state index in [-0.39, 0.29) is 6.03 Å². The Morgan fingerprint density at radius 2 is 2.33 bits per heavy atom. The van der Waals surface area contributed by atoms with E-state index in [1.807, 2.05) is 16.9 Å². The number of hydrogen-bond donors (Lipinski definition) is 1. The molecule has 0 unspecified atom stereocenters. The monoisotopic (exact) mass is 166 g/mol. The maximum Gasteiger partial charge on any atom is 0.314 e. The zero-order chi connectivity index (χ0) is 8.55. The number of hydrogen-bond acceptors (Lipinski definition) is 2. The molecule has 0 spiro atoms. The highest BCUT2D eigenvalue weighted by molar-refractivity contribution is 5.72. The summed E-state index contributed by atoms with van der Waals surface area (Å²) in [6.07, 6.45) is 3.62. The summed E-state index contributed by atoms with van der Waals surface area (Å²) in [7, 11) is 0. The van der Waals surface area contributed by atoms with Crippen molar-refractivity contribution in [2.75, 3.05) is 13.1 Å². The highest BCUT2D eigenvalue weighted by Crippen LogP contribution is 2.18. The van der Waals surface area contributed by atoms with Crippen LogP contribution in [-0.4, -0.2) is 33.8 Å². The van der Waals surface area contributed by atoms with Crippen molar-refractivity contribution in [2.24, 2.45) is 5.73 Å². The second kappa shape index (κ2) is 2.51. The maximum atomic E-state index is 10.6. The highest BCUT2D eigenvalue weighted by Gasteiger charge is 2.30. The first kappa shape index (κ1) is 7.15. The molecular formula is C7H10N4O. The third-order valence-electron chi connectivity index (χ3n) is 2.07. The summed E-state index contributed by atoms with van der Waals surface area (Å²) in [4.78, 5) is 12.2. The number of rotatable bonds is 1. The average molecular weight is 166 g/mol. The van der Waals surface area contributed by atoms with Gasteiger partial charge in [0.05, 0.1) is 6.04 Å². The molecule has 1 aromatic heterocycles. The zero-order valence-corrected chi connectivity index (χ0v) is 6.55. The Kier molecular flexibility index (Phi) is 1.49. The number of carbonyl (C=O) groups excluding carboxylic acids is 1. The molecule has 1 aliphatic heterocycles. The fourth-order valence-electron chi connectivity index (χ4n) is 1.30.